The van der Waals surface area contributed by atoms with Gasteiger partial charge in [0, 0.05) is 5.39 Å². The smallest absolute Gasteiger partial charge is 0.181 e. The van der Waals surface area contributed by atoms with Crippen LogP contribution in [0.1, 0.15) is 11.1 Å². The molecule has 0 radical (unpaired) electrons. The summed E-state index contributed by atoms with van der Waals surface area (Å²) < 4.78 is 0. The topological polar surface area (TPSA) is 35.8 Å². The monoisotopic (exact) mass is 192 g/mol. The quantitative estimate of drug-likeness (QED) is 0.474. The van der Waals surface area contributed by atoms with Crippen LogP contribution in [-0.2, 0) is 0 Å². The highest BCUT2D eigenvalue weighted by Crippen LogP contribution is 2.34. The molecule has 0 spiro atoms. The van der Waals surface area contributed by atoms with Crippen LogP contribution in [0.4, 0.5) is 5.69 Å². The Bertz CT molecular complexity index is 606. The summed E-state index contributed by atoms with van der Waals surface area (Å²) in [5.41, 5.74) is 3.33. The molecule has 0 aliphatic heterocycles. The van der Waals surface area contributed by atoms with Crippen LogP contribution in [0.25, 0.3) is 22.9 Å². The van der Waals surface area contributed by atoms with Crippen LogP contribution in [0.5, 0.6) is 0 Å². The number of hydrogen-bond donors (Lipinski definition) is 1. The Labute approximate surface area is 87.5 Å². The van der Waals surface area contributed by atoms with Crippen LogP contribution < -0.4 is 5.32 Å². The summed E-state index contributed by atoms with van der Waals surface area (Å²) in [7, 11) is 0. The third-order valence-electron chi connectivity index (χ3n) is 2.74. The highest BCUT2D eigenvalue weighted by atomic mass is 14.9. The molecule has 0 unspecified atom stereocenters. The van der Waals surface area contributed by atoms with Crippen molar-refractivity contribution in [1.29, 1.82) is 5.26 Å². The Kier molecular flexibility index (Phi) is 1.54. The SMILES string of the molecule is N#CNc1ccc2c3c(cccc13)C=C2. The fourth-order valence-corrected chi connectivity index (χ4v) is 2.09. The summed E-state index contributed by atoms with van der Waals surface area (Å²) in [4.78, 5) is 0. The van der Waals surface area contributed by atoms with Gasteiger partial charge in [-0.1, -0.05) is 36.4 Å². The lowest BCUT2D eigenvalue weighted by Gasteiger charge is -2.06. The maximum absolute atomic E-state index is 8.66. The van der Waals surface area contributed by atoms with Crippen LogP contribution in [0.15, 0.2) is 30.3 Å². The second-order valence-electron chi connectivity index (χ2n) is 3.54. The molecule has 0 saturated heterocycles. The first-order valence-electron chi connectivity index (χ1n) is 4.79. The molecule has 0 aromatic heterocycles. The van der Waals surface area contributed by atoms with Crippen LogP contribution in [0.2, 0.25) is 0 Å². The summed E-state index contributed by atoms with van der Waals surface area (Å²) in [5.74, 6) is 0. The van der Waals surface area contributed by atoms with Gasteiger partial charge in [0.25, 0.3) is 0 Å². The Hall–Kier alpha value is -2.27. The van der Waals surface area contributed by atoms with Gasteiger partial charge in [-0.05, 0) is 22.6 Å². The Morgan fingerprint density at radius 3 is 2.60 bits per heavy atom. The Morgan fingerprint density at radius 2 is 1.80 bits per heavy atom. The lowest BCUT2D eigenvalue weighted by Crippen LogP contribution is -1.89. The molecule has 2 heteroatoms. The summed E-state index contributed by atoms with van der Waals surface area (Å²) in [5, 5.41) is 13.7. The lowest BCUT2D eigenvalue weighted by atomic mass is 10.0. The predicted molar refractivity (Wildman–Crippen MR) is 62.1 cm³/mol. The summed E-state index contributed by atoms with van der Waals surface area (Å²) >= 11 is 0. The third-order valence-corrected chi connectivity index (χ3v) is 2.74. The van der Waals surface area contributed by atoms with Gasteiger partial charge >= 0.3 is 0 Å². The van der Waals surface area contributed by atoms with Gasteiger partial charge < -0.3 is 0 Å². The molecule has 1 N–H and O–H groups in total. The largest absolute Gasteiger partial charge is 0.292 e. The fraction of sp³-hybridized carbons (Fsp3) is 0. The second kappa shape index (κ2) is 2.86. The summed E-state index contributed by atoms with van der Waals surface area (Å²) in [6.07, 6.45) is 6.18. The van der Waals surface area contributed by atoms with Crippen molar-refractivity contribution in [3.63, 3.8) is 0 Å². The van der Waals surface area contributed by atoms with Crippen LogP contribution >= 0.6 is 0 Å². The lowest BCUT2D eigenvalue weighted by molar-refractivity contribution is 1.48. The average Bonchev–Trinajstić information content (AvgIpc) is 2.68. The van der Waals surface area contributed by atoms with Gasteiger partial charge in [0.15, 0.2) is 6.19 Å². The molecule has 1 aliphatic rings. The fourth-order valence-electron chi connectivity index (χ4n) is 2.09. The van der Waals surface area contributed by atoms with Gasteiger partial charge in [0.2, 0.25) is 0 Å². The number of rotatable bonds is 1. The van der Waals surface area contributed by atoms with Gasteiger partial charge in [-0.2, -0.15) is 5.26 Å². The molecule has 0 bridgehead atoms. The molecule has 0 amide bonds. The average molecular weight is 192 g/mol. The van der Waals surface area contributed by atoms with E-state index >= 15 is 0 Å². The van der Waals surface area contributed by atoms with Crippen molar-refractivity contribution in [3.8, 4) is 6.19 Å². The normalized spacial score (nSPS) is 11.7. The molecule has 0 atom stereocenters. The van der Waals surface area contributed by atoms with Crippen molar-refractivity contribution >= 4 is 28.6 Å². The zero-order valence-corrected chi connectivity index (χ0v) is 7.99. The predicted octanol–water partition coefficient (Wildman–Crippen LogP) is 3.22. The van der Waals surface area contributed by atoms with Crippen LogP contribution in [0, 0.1) is 11.5 Å². The number of nitrogens with one attached hydrogen (secondary N) is 1. The van der Waals surface area contributed by atoms with Crippen molar-refractivity contribution in [1.82, 2.24) is 0 Å². The molecule has 70 valence electrons. The van der Waals surface area contributed by atoms with Gasteiger partial charge in [-0.3, -0.25) is 5.32 Å². The second-order valence-corrected chi connectivity index (χ2v) is 3.54. The Balaban J connectivity index is 2.42. The molecule has 0 fully saturated rings. The number of nitriles is 1. The highest BCUT2D eigenvalue weighted by molar-refractivity contribution is 6.09. The minimum absolute atomic E-state index is 0.877. The molecular formula is C13H8N2. The molecular weight excluding hydrogens is 184 g/mol. The maximum atomic E-state index is 8.66. The summed E-state index contributed by atoms with van der Waals surface area (Å²) in [6, 6.07) is 10.1. The highest BCUT2D eigenvalue weighted by Gasteiger charge is 2.10. The van der Waals surface area contributed by atoms with E-state index in [2.05, 4.69) is 23.5 Å². The van der Waals surface area contributed by atoms with E-state index in [1.54, 1.807) is 0 Å². The van der Waals surface area contributed by atoms with Crippen molar-refractivity contribution in [2.45, 2.75) is 0 Å². The van der Waals surface area contributed by atoms with E-state index in [1.165, 1.54) is 16.5 Å². The molecule has 2 nitrogen and oxygen atoms in total. The molecule has 2 aromatic rings. The standard InChI is InChI=1S/C13H8N2/c14-8-15-12-7-6-10-5-4-9-2-1-3-11(12)13(9)10/h1-7,15H. The minimum atomic E-state index is 0.877. The maximum Gasteiger partial charge on any atom is 0.181 e. The van der Waals surface area contributed by atoms with E-state index in [-0.39, 0.29) is 0 Å². The van der Waals surface area contributed by atoms with Crippen molar-refractivity contribution in [2.24, 2.45) is 0 Å². The summed E-state index contributed by atoms with van der Waals surface area (Å²) in [6.45, 7) is 0. The van der Waals surface area contributed by atoms with E-state index in [4.69, 9.17) is 5.26 Å². The van der Waals surface area contributed by atoms with Gasteiger partial charge in [0.1, 0.15) is 0 Å². The number of nitrogens with zero attached hydrogens (tertiary/aromatic N) is 1. The Morgan fingerprint density at radius 1 is 1.00 bits per heavy atom. The first-order chi connectivity index (χ1) is 7.40. The zero-order valence-electron chi connectivity index (χ0n) is 7.99. The van der Waals surface area contributed by atoms with Gasteiger partial charge in [0.05, 0.1) is 5.69 Å². The first-order valence-corrected chi connectivity index (χ1v) is 4.79. The van der Waals surface area contributed by atoms with Crippen LogP contribution in [-0.4, -0.2) is 0 Å². The molecule has 2 aromatic carbocycles. The molecule has 0 saturated carbocycles. The zero-order chi connectivity index (χ0) is 10.3. The van der Waals surface area contributed by atoms with E-state index in [0.29, 0.717) is 0 Å². The van der Waals surface area contributed by atoms with E-state index in [1.807, 2.05) is 30.5 Å². The van der Waals surface area contributed by atoms with Crippen molar-refractivity contribution in [2.75, 3.05) is 5.32 Å². The first kappa shape index (κ1) is 8.07. The van der Waals surface area contributed by atoms with E-state index in [9.17, 15) is 0 Å². The molecule has 15 heavy (non-hydrogen) atoms. The minimum Gasteiger partial charge on any atom is -0.292 e. The molecule has 1 aliphatic carbocycles. The number of anilines is 1. The molecule has 0 heterocycles. The van der Waals surface area contributed by atoms with Gasteiger partial charge in [-0.15, -0.1) is 0 Å². The third kappa shape index (κ3) is 1.04. The van der Waals surface area contributed by atoms with E-state index in [0.717, 1.165) is 11.1 Å². The van der Waals surface area contributed by atoms with Gasteiger partial charge in [-0.25, -0.2) is 0 Å². The number of benzene rings is 2. The van der Waals surface area contributed by atoms with E-state index < -0.39 is 0 Å². The molecule has 3 rings (SSSR count). The van der Waals surface area contributed by atoms with Crippen LogP contribution in [0.3, 0.4) is 0 Å². The van der Waals surface area contributed by atoms with Crippen molar-refractivity contribution in [3.05, 3.63) is 41.5 Å². The van der Waals surface area contributed by atoms with Crippen molar-refractivity contribution < 1.29 is 0 Å². The number of hydrogen-bond acceptors (Lipinski definition) is 2.